The smallest absolute Gasteiger partial charge is 0.240 e. The number of amidine groups is 1. The summed E-state index contributed by atoms with van der Waals surface area (Å²) in [5.74, 6) is -0.591. The molecule has 29 heavy (non-hydrogen) atoms. The van der Waals surface area contributed by atoms with Crippen LogP contribution in [0.15, 0.2) is 46.6 Å². The van der Waals surface area contributed by atoms with E-state index in [2.05, 4.69) is 20.8 Å². The monoisotopic (exact) mass is 468 g/mol. The summed E-state index contributed by atoms with van der Waals surface area (Å²) in [5.41, 5.74) is 2.02. The molecule has 1 heterocycles. The number of halogens is 3. The quantitative estimate of drug-likeness (QED) is 0.482. The highest BCUT2D eigenvalue weighted by Crippen LogP contribution is 2.26. The van der Waals surface area contributed by atoms with Crippen LogP contribution in [0.5, 0.6) is 0 Å². The van der Waals surface area contributed by atoms with Crippen molar-refractivity contribution < 1.29 is 9.59 Å². The summed E-state index contributed by atoms with van der Waals surface area (Å²) in [7, 11) is 0. The van der Waals surface area contributed by atoms with E-state index in [1.807, 2.05) is 6.92 Å². The van der Waals surface area contributed by atoms with E-state index in [1.165, 1.54) is 6.21 Å². The van der Waals surface area contributed by atoms with Gasteiger partial charge in [-0.3, -0.25) is 9.59 Å². The lowest BCUT2D eigenvalue weighted by Crippen LogP contribution is -2.28. The van der Waals surface area contributed by atoms with Gasteiger partial charge in [0.2, 0.25) is 11.8 Å². The second kappa shape index (κ2) is 9.63. The Morgan fingerprint density at radius 3 is 2.79 bits per heavy atom. The topological polar surface area (TPSA) is 82.9 Å². The maximum Gasteiger partial charge on any atom is 0.240 e. The maximum absolute atomic E-state index is 12.3. The molecule has 1 unspecified atom stereocenters. The van der Waals surface area contributed by atoms with Gasteiger partial charge < -0.3 is 10.6 Å². The van der Waals surface area contributed by atoms with Gasteiger partial charge in [-0.2, -0.15) is 5.10 Å². The van der Waals surface area contributed by atoms with Crippen LogP contribution in [0.1, 0.15) is 17.5 Å². The fourth-order valence-corrected chi connectivity index (χ4v) is 4.00. The molecule has 150 valence electrons. The van der Waals surface area contributed by atoms with Crippen LogP contribution in [0, 0.1) is 6.92 Å². The van der Waals surface area contributed by atoms with Crippen molar-refractivity contribution in [2.24, 2.45) is 10.2 Å². The van der Waals surface area contributed by atoms with Gasteiger partial charge in [0.15, 0.2) is 5.17 Å². The number of hydrogen-bond acceptors (Lipinski definition) is 5. The van der Waals surface area contributed by atoms with Gasteiger partial charge in [-0.1, -0.05) is 58.7 Å². The fourth-order valence-electron chi connectivity index (χ4n) is 2.45. The minimum atomic E-state index is -0.595. The van der Waals surface area contributed by atoms with Crippen molar-refractivity contribution in [2.45, 2.75) is 18.6 Å². The van der Waals surface area contributed by atoms with E-state index in [4.69, 9.17) is 34.8 Å². The zero-order valence-corrected chi connectivity index (χ0v) is 18.2. The number of anilines is 1. The first-order chi connectivity index (χ1) is 13.8. The lowest BCUT2D eigenvalue weighted by molar-refractivity contribution is -0.122. The predicted octanol–water partition coefficient (Wildman–Crippen LogP) is 4.91. The standard InChI is InChI=1S/C19H15Cl3N4O2S/c1-10-13(21)3-2-4-15(10)24-17(27)8-16-18(28)25-19(29-16)26-23-9-11-5-6-12(20)7-14(11)22/h2-7,9,16H,8H2,1H3,(H,24,27)(H,25,26,28). The zero-order valence-electron chi connectivity index (χ0n) is 15.1. The summed E-state index contributed by atoms with van der Waals surface area (Å²) in [6.07, 6.45) is 1.45. The highest BCUT2D eigenvalue weighted by molar-refractivity contribution is 8.15. The minimum absolute atomic E-state index is 0.00575. The second-order valence-electron chi connectivity index (χ2n) is 6.08. The number of thioether (sulfide) groups is 1. The third-order valence-electron chi connectivity index (χ3n) is 4.00. The molecule has 1 saturated heterocycles. The molecular weight excluding hydrogens is 455 g/mol. The van der Waals surface area contributed by atoms with Gasteiger partial charge >= 0.3 is 0 Å². The molecule has 10 heteroatoms. The van der Waals surface area contributed by atoms with Gasteiger partial charge in [0.1, 0.15) is 5.25 Å². The van der Waals surface area contributed by atoms with Crippen molar-refractivity contribution in [2.75, 3.05) is 5.32 Å². The average molecular weight is 470 g/mol. The molecule has 2 aromatic rings. The number of rotatable bonds is 5. The summed E-state index contributed by atoms with van der Waals surface area (Å²) in [5, 5.41) is 14.5. The fraction of sp³-hybridized carbons (Fsp3) is 0.158. The largest absolute Gasteiger partial charge is 0.326 e. The van der Waals surface area contributed by atoms with Crippen LogP contribution in [-0.4, -0.2) is 28.4 Å². The molecule has 0 saturated carbocycles. The first-order valence-corrected chi connectivity index (χ1v) is 10.4. The highest BCUT2D eigenvalue weighted by Gasteiger charge is 2.32. The molecule has 1 aliphatic heterocycles. The molecule has 0 radical (unpaired) electrons. The van der Waals surface area contributed by atoms with Gasteiger partial charge in [-0.15, -0.1) is 5.10 Å². The summed E-state index contributed by atoms with van der Waals surface area (Å²) < 4.78 is 0. The van der Waals surface area contributed by atoms with Gasteiger partial charge in [0, 0.05) is 27.7 Å². The Morgan fingerprint density at radius 1 is 1.24 bits per heavy atom. The number of amides is 2. The third-order valence-corrected chi connectivity index (χ3v) is 6.04. The first-order valence-electron chi connectivity index (χ1n) is 8.42. The number of carbonyl (C=O) groups is 2. The Balaban J connectivity index is 1.59. The predicted molar refractivity (Wildman–Crippen MR) is 120 cm³/mol. The Bertz CT molecular complexity index is 1030. The van der Waals surface area contributed by atoms with E-state index >= 15 is 0 Å². The number of benzene rings is 2. The lowest BCUT2D eigenvalue weighted by atomic mass is 10.2. The molecule has 1 aliphatic rings. The van der Waals surface area contributed by atoms with E-state index in [9.17, 15) is 9.59 Å². The molecule has 0 aromatic heterocycles. The summed E-state index contributed by atoms with van der Waals surface area (Å²) in [6.45, 7) is 1.81. The SMILES string of the molecule is Cc1c(Cl)cccc1NC(=O)CC1S/C(=N/N=Cc2ccc(Cl)cc2Cl)NC1=O. The summed E-state index contributed by atoms with van der Waals surface area (Å²) >= 11 is 19.1. The van der Waals surface area contributed by atoms with Crippen molar-refractivity contribution in [3.8, 4) is 0 Å². The van der Waals surface area contributed by atoms with Crippen LogP contribution in [-0.2, 0) is 9.59 Å². The van der Waals surface area contributed by atoms with E-state index in [-0.39, 0.29) is 18.2 Å². The normalized spacial score (nSPS) is 17.7. The number of hydrogen-bond donors (Lipinski definition) is 2. The molecular formula is C19H15Cl3N4O2S. The Hall–Kier alpha value is -2.06. The maximum atomic E-state index is 12.3. The van der Waals surface area contributed by atoms with Gasteiger partial charge in [0.05, 0.1) is 11.2 Å². The van der Waals surface area contributed by atoms with Crippen LogP contribution < -0.4 is 10.6 Å². The molecule has 0 aliphatic carbocycles. The average Bonchev–Trinajstić information content (AvgIpc) is 3.00. The van der Waals surface area contributed by atoms with Crippen LogP contribution >= 0.6 is 46.6 Å². The second-order valence-corrected chi connectivity index (χ2v) is 8.52. The Morgan fingerprint density at radius 2 is 2.03 bits per heavy atom. The Kier molecular flexibility index (Phi) is 7.18. The molecule has 0 spiro atoms. The molecule has 6 nitrogen and oxygen atoms in total. The van der Waals surface area contributed by atoms with Gasteiger partial charge in [-0.25, -0.2) is 0 Å². The van der Waals surface area contributed by atoms with E-state index in [0.29, 0.717) is 31.5 Å². The summed E-state index contributed by atoms with van der Waals surface area (Å²) in [4.78, 5) is 24.4. The van der Waals surface area contributed by atoms with Crippen molar-refractivity contribution in [1.82, 2.24) is 5.32 Å². The Labute approximate surface area is 186 Å². The van der Waals surface area contributed by atoms with Crippen molar-refractivity contribution >= 4 is 75.4 Å². The molecule has 2 aromatic carbocycles. The third kappa shape index (κ3) is 5.73. The van der Waals surface area contributed by atoms with Crippen LogP contribution in [0.2, 0.25) is 15.1 Å². The minimum Gasteiger partial charge on any atom is -0.326 e. The number of nitrogens with one attached hydrogen (secondary N) is 2. The molecule has 1 atom stereocenters. The van der Waals surface area contributed by atoms with Crippen LogP contribution in [0.3, 0.4) is 0 Å². The molecule has 3 rings (SSSR count). The van der Waals surface area contributed by atoms with Crippen molar-refractivity contribution in [1.29, 1.82) is 0 Å². The van der Waals surface area contributed by atoms with E-state index in [1.54, 1.807) is 36.4 Å². The van der Waals surface area contributed by atoms with Gasteiger partial charge in [0.25, 0.3) is 0 Å². The van der Waals surface area contributed by atoms with E-state index < -0.39 is 5.25 Å². The highest BCUT2D eigenvalue weighted by atomic mass is 35.5. The molecule has 2 amide bonds. The zero-order chi connectivity index (χ0) is 21.0. The lowest BCUT2D eigenvalue weighted by Gasteiger charge is -2.10. The number of nitrogens with zero attached hydrogens (tertiary/aromatic N) is 2. The number of carbonyl (C=O) groups excluding carboxylic acids is 2. The molecule has 2 N–H and O–H groups in total. The molecule has 1 fully saturated rings. The van der Waals surface area contributed by atoms with Crippen LogP contribution in [0.4, 0.5) is 5.69 Å². The van der Waals surface area contributed by atoms with E-state index in [0.717, 1.165) is 17.3 Å². The van der Waals surface area contributed by atoms with Crippen molar-refractivity contribution in [3.05, 3.63) is 62.6 Å². The molecule has 0 bridgehead atoms. The van der Waals surface area contributed by atoms with Gasteiger partial charge in [-0.05, 0) is 36.8 Å². The first kappa shape index (κ1) is 21.6. The van der Waals surface area contributed by atoms with Crippen LogP contribution in [0.25, 0.3) is 0 Å². The summed E-state index contributed by atoms with van der Waals surface area (Å²) in [6, 6.07) is 10.2. The van der Waals surface area contributed by atoms with Crippen molar-refractivity contribution in [3.63, 3.8) is 0 Å².